The zero-order valence-electron chi connectivity index (χ0n) is 13.0. The number of hydrogen-bond donors (Lipinski definition) is 2. The fourth-order valence-corrected chi connectivity index (χ4v) is 3.90. The minimum Gasteiger partial charge on any atom is -0.378 e. The highest BCUT2D eigenvalue weighted by atomic mass is 32.2. The van der Waals surface area contributed by atoms with E-state index in [4.69, 9.17) is 0 Å². The summed E-state index contributed by atoms with van der Waals surface area (Å²) in [7, 11) is -3.67. The number of anilines is 2. The molecule has 25 heavy (non-hydrogen) atoms. The quantitative estimate of drug-likeness (QED) is 0.621. The Kier molecular flexibility index (Phi) is 5.11. The molecule has 0 spiro atoms. The van der Waals surface area contributed by atoms with Crippen LogP contribution in [-0.4, -0.2) is 25.7 Å². The van der Waals surface area contributed by atoms with Gasteiger partial charge in [0.15, 0.2) is 10.9 Å². The molecule has 128 valence electrons. The van der Waals surface area contributed by atoms with Gasteiger partial charge < -0.3 is 5.32 Å². The van der Waals surface area contributed by atoms with Crippen molar-refractivity contribution >= 4 is 38.0 Å². The molecule has 3 rings (SSSR count). The summed E-state index contributed by atoms with van der Waals surface area (Å²) in [6.07, 6.45) is 1.53. The van der Waals surface area contributed by atoms with E-state index in [2.05, 4.69) is 15.0 Å². The molecule has 0 saturated heterocycles. The fraction of sp³-hybridized carbons (Fsp3) is 0.0588. The van der Waals surface area contributed by atoms with Crippen LogP contribution in [0.15, 0.2) is 71.1 Å². The van der Waals surface area contributed by atoms with Crippen molar-refractivity contribution in [3.8, 4) is 0 Å². The molecule has 2 N–H and O–H groups in total. The Morgan fingerprint density at radius 3 is 2.40 bits per heavy atom. The largest absolute Gasteiger partial charge is 0.378 e. The molecule has 0 fully saturated rings. The number of carbonyl (C=O) groups is 1. The monoisotopic (exact) mass is 373 g/mol. The molecule has 2 aromatic carbocycles. The minimum atomic E-state index is -3.67. The number of rotatable bonds is 7. The molecular weight excluding hydrogens is 358 g/mol. The van der Waals surface area contributed by atoms with Crippen LogP contribution in [0.4, 0.5) is 10.8 Å². The predicted molar refractivity (Wildman–Crippen MR) is 98.6 cm³/mol. The first kappa shape index (κ1) is 17.1. The summed E-state index contributed by atoms with van der Waals surface area (Å²) in [4.78, 5) is 16.1. The number of benzene rings is 2. The summed E-state index contributed by atoms with van der Waals surface area (Å²) < 4.78 is 26.9. The van der Waals surface area contributed by atoms with Crippen LogP contribution >= 0.6 is 11.3 Å². The highest BCUT2D eigenvalue weighted by molar-refractivity contribution is 7.93. The van der Waals surface area contributed by atoms with E-state index in [1.165, 1.54) is 29.7 Å². The van der Waals surface area contributed by atoms with Crippen LogP contribution in [0.5, 0.6) is 0 Å². The van der Waals surface area contributed by atoms with Crippen molar-refractivity contribution < 1.29 is 13.2 Å². The molecule has 0 bridgehead atoms. The Balaban J connectivity index is 1.63. The highest BCUT2D eigenvalue weighted by Gasteiger charge is 2.15. The number of hydrogen-bond acceptors (Lipinski definition) is 6. The first-order chi connectivity index (χ1) is 12.0. The highest BCUT2D eigenvalue weighted by Crippen LogP contribution is 2.19. The molecule has 0 aliphatic heterocycles. The van der Waals surface area contributed by atoms with Crippen molar-refractivity contribution in [3.63, 3.8) is 0 Å². The van der Waals surface area contributed by atoms with Gasteiger partial charge >= 0.3 is 0 Å². The zero-order chi connectivity index (χ0) is 17.7. The van der Waals surface area contributed by atoms with E-state index in [1.54, 1.807) is 29.6 Å². The van der Waals surface area contributed by atoms with E-state index in [0.29, 0.717) is 16.4 Å². The molecule has 0 unspecified atom stereocenters. The van der Waals surface area contributed by atoms with Gasteiger partial charge in [-0.1, -0.05) is 30.3 Å². The Morgan fingerprint density at radius 2 is 1.76 bits per heavy atom. The smallest absolute Gasteiger partial charge is 0.263 e. The Hall–Kier alpha value is -2.71. The topological polar surface area (TPSA) is 88.2 Å². The predicted octanol–water partition coefficient (Wildman–Crippen LogP) is 3.24. The van der Waals surface area contributed by atoms with E-state index < -0.39 is 10.0 Å². The molecule has 0 amide bonds. The van der Waals surface area contributed by atoms with Crippen molar-refractivity contribution in [1.82, 2.24) is 4.98 Å². The maximum Gasteiger partial charge on any atom is 0.263 e. The van der Waals surface area contributed by atoms with Crippen molar-refractivity contribution in [2.24, 2.45) is 0 Å². The van der Waals surface area contributed by atoms with E-state index in [9.17, 15) is 13.2 Å². The van der Waals surface area contributed by atoms with Crippen LogP contribution < -0.4 is 10.0 Å². The van der Waals surface area contributed by atoms with Crippen LogP contribution in [0, 0.1) is 0 Å². The van der Waals surface area contributed by atoms with Crippen molar-refractivity contribution in [1.29, 1.82) is 0 Å². The first-order valence-corrected chi connectivity index (χ1v) is 9.75. The van der Waals surface area contributed by atoms with Gasteiger partial charge in [0.05, 0.1) is 11.4 Å². The molecule has 6 nitrogen and oxygen atoms in total. The van der Waals surface area contributed by atoms with Crippen LogP contribution in [0.2, 0.25) is 0 Å². The summed E-state index contributed by atoms with van der Waals surface area (Å²) in [5, 5.41) is 5.00. The lowest BCUT2D eigenvalue weighted by Gasteiger charge is -2.08. The van der Waals surface area contributed by atoms with E-state index in [1.807, 2.05) is 18.2 Å². The average molecular weight is 373 g/mol. The standard InChI is InChI=1S/C17H15N3O3S2/c21-16(13-4-2-1-3-5-13)12-19-14-6-8-15(9-7-14)25(22,23)20-17-18-10-11-24-17/h1-11,19H,12H2,(H,18,20). The van der Waals surface area contributed by atoms with Gasteiger partial charge in [-0.15, -0.1) is 11.3 Å². The van der Waals surface area contributed by atoms with Crippen molar-refractivity contribution in [2.45, 2.75) is 4.90 Å². The summed E-state index contributed by atoms with van der Waals surface area (Å²) in [5.74, 6) is -0.0391. The maximum absolute atomic E-state index is 12.2. The molecule has 3 aromatic rings. The van der Waals surface area contributed by atoms with Crippen LogP contribution in [-0.2, 0) is 10.0 Å². The van der Waals surface area contributed by atoms with Gasteiger partial charge in [-0.25, -0.2) is 13.4 Å². The molecule has 1 aromatic heterocycles. The Morgan fingerprint density at radius 1 is 1.04 bits per heavy atom. The number of carbonyl (C=O) groups excluding carboxylic acids is 1. The molecule has 1 heterocycles. The van der Waals surface area contributed by atoms with Gasteiger partial charge in [0.25, 0.3) is 10.0 Å². The van der Waals surface area contributed by atoms with Crippen LogP contribution in [0.25, 0.3) is 0 Å². The summed E-state index contributed by atoms with van der Waals surface area (Å²) in [6.45, 7) is 0.132. The lowest BCUT2D eigenvalue weighted by molar-refractivity contribution is 0.101. The van der Waals surface area contributed by atoms with Gasteiger partial charge in [0, 0.05) is 22.8 Å². The second-order valence-electron chi connectivity index (χ2n) is 5.11. The summed E-state index contributed by atoms with van der Waals surface area (Å²) in [6, 6.07) is 15.2. The molecule has 0 atom stereocenters. The van der Waals surface area contributed by atoms with Crippen LogP contribution in [0.1, 0.15) is 10.4 Å². The molecule has 0 aliphatic carbocycles. The molecule has 0 radical (unpaired) electrons. The van der Waals surface area contributed by atoms with Crippen molar-refractivity contribution in [3.05, 3.63) is 71.7 Å². The number of Topliss-reactive ketones (excluding diaryl/α,β-unsaturated/α-hetero) is 1. The Labute approximate surface area is 149 Å². The third-order valence-electron chi connectivity index (χ3n) is 3.37. The number of nitrogens with zero attached hydrogens (tertiary/aromatic N) is 1. The van der Waals surface area contributed by atoms with E-state index in [0.717, 1.165) is 0 Å². The van der Waals surface area contributed by atoms with Crippen LogP contribution in [0.3, 0.4) is 0 Å². The third-order valence-corrected chi connectivity index (χ3v) is 5.54. The average Bonchev–Trinajstić information content (AvgIpc) is 3.13. The van der Waals surface area contributed by atoms with E-state index >= 15 is 0 Å². The van der Waals surface area contributed by atoms with Crippen molar-refractivity contribution in [2.75, 3.05) is 16.6 Å². The van der Waals surface area contributed by atoms with Gasteiger partial charge in [-0.2, -0.15) is 0 Å². The number of aromatic nitrogens is 1. The third kappa shape index (κ3) is 4.43. The number of ketones is 1. The van der Waals surface area contributed by atoms with E-state index in [-0.39, 0.29) is 17.2 Å². The summed E-state index contributed by atoms with van der Waals surface area (Å²) in [5.41, 5.74) is 1.29. The lowest BCUT2D eigenvalue weighted by Crippen LogP contribution is -2.15. The molecule has 8 heteroatoms. The second-order valence-corrected chi connectivity index (χ2v) is 7.69. The first-order valence-electron chi connectivity index (χ1n) is 7.39. The summed E-state index contributed by atoms with van der Waals surface area (Å²) >= 11 is 1.21. The number of nitrogens with one attached hydrogen (secondary N) is 2. The lowest BCUT2D eigenvalue weighted by atomic mass is 10.1. The normalized spacial score (nSPS) is 11.0. The van der Waals surface area contributed by atoms with Gasteiger partial charge in [-0.05, 0) is 24.3 Å². The fourth-order valence-electron chi connectivity index (χ4n) is 2.11. The number of sulfonamides is 1. The maximum atomic E-state index is 12.2. The zero-order valence-corrected chi connectivity index (χ0v) is 14.7. The Bertz CT molecular complexity index is 939. The minimum absolute atomic E-state index is 0.0391. The van der Waals surface area contributed by atoms with Gasteiger partial charge in [0.2, 0.25) is 0 Å². The molecule has 0 saturated carbocycles. The second kappa shape index (κ2) is 7.45. The SMILES string of the molecule is O=C(CNc1ccc(S(=O)(=O)Nc2nccs2)cc1)c1ccccc1. The molecular formula is C17H15N3O3S2. The number of thiazole rings is 1. The van der Waals surface area contributed by atoms with Gasteiger partial charge in [0.1, 0.15) is 0 Å². The van der Waals surface area contributed by atoms with Gasteiger partial charge in [-0.3, -0.25) is 9.52 Å². The molecule has 0 aliphatic rings.